The second-order valence-corrected chi connectivity index (χ2v) is 7.75. The molecule has 3 heterocycles. The van der Waals surface area contributed by atoms with Crippen molar-refractivity contribution in [2.75, 3.05) is 20.8 Å². The average Bonchev–Trinajstić information content (AvgIpc) is 3.38. The van der Waals surface area contributed by atoms with Crippen LogP contribution in [0.25, 0.3) is 0 Å². The van der Waals surface area contributed by atoms with Crippen molar-refractivity contribution >= 4 is 5.71 Å². The molecule has 0 bridgehead atoms. The first-order valence-corrected chi connectivity index (χ1v) is 9.81. The molecule has 7 nitrogen and oxygen atoms in total. The predicted molar refractivity (Wildman–Crippen MR) is 110 cm³/mol. The summed E-state index contributed by atoms with van der Waals surface area (Å²) in [6.45, 7) is 6.25. The maximum absolute atomic E-state index is 11.1. The van der Waals surface area contributed by atoms with Gasteiger partial charge in [0.25, 0.3) is 0 Å². The molecule has 2 unspecified atom stereocenters. The Morgan fingerprint density at radius 2 is 1.93 bits per heavy atom. The quantitative estimate of drug-likeness (QED) is 0.778. The minimum absolute atomic E-state index is 0.129. The largest absolute Gasteiger partial charge is 0.507 e. The van der Waals surface area contributed by atoms with Crippen molar-refractivity contribution in [2.45, 2.75) is 31.5 Å². The third-order valence-electron chi connectivity index (χ3n) is 5.93. The normalized spacial score (nSPS) is 23.2. The van der Waals surface area contributed by atoms with Gasteiger partial charge in [-0.3, -0.25) is 0 Å². The summed E-state index contributed by atoms with van der Waals surface area (Å²) in [5.41, 5.74) is 3.88. The zero-order valence-corrected chi connectivity index (χ0v) is 17.1. The van der Waals surface area contributed by atoms with Crippen molar-refractivity contribution in [1.29, 1.82) is 0 Å². The maximum atomic E-state index is 11.1. The predicted octanol–water partition coefficient (Wildman–Crippen LogP) is 3.57. The van der Waals surface area contributed by atoms with Crippen molar-refractivity contribution in [3.63, 3.8) is 0 Å². The Balaban J connectivity index is 1.57. The van der Waals surface area contributed by atoms with Gasteiger partial charge < -0.3 is 28.9 Å². The Kier molecular flexibility index (Phi) is 4.27. The van der Waals surface area contributed by atoms with E-state index >= 15 is 0 Å². The maximum Gasteiger partial charge on any atom is 0.173 e. The lowest BCUT2D eigenvalue weighted by Crippen LogP contribution is -2.32. The summed E-state index contributed by atoms with van der Waals surface area (Å²) in [6, 6.07) is 7.40. The molecule has 2 aromatic carbocycles. The molecule has 3 aliphatic heterocycles. The second kappa shape index (κ2) is 6.86. The molecule has 7 heteroatoms. The van der Waals surface area contributed by atoms with Crippen LogP contribution in [0.15, 0.2) is 41.6 Å². The van der Waals surface area contributed by atoms with Gasteiger partial charge in [-0.2, -0.15) is 0 Å². The van der Waals surface area contributed by atoms with E-state index in [1.54, 1.807) is 14.2 Å². The van der Waals surface area contributed by atoms with E-state index in [2.05, 4.69) is 11.7 Å². The Labute approximate surface area is 174 Å². The second-order valence-electron chi connectivity index (χ2n) is 7.75. The molecular weight excluding hydrogens is 386 g/mol. The van der Waals surface area contributed by atoms with Crippen molar-refractivity contribution < 1.29 is 28.9 Å². The number of phenols is 1. The van der Waals surface area contributed by atoms with E-state index in [1.807, 2.05) is 31.2 Å². The van der Waals surface area contributed by atoms with E-state index in [-0.39, 0.29) is 23.9 Å². The van der Waals surface area contributed by atoms with Crippen LogP contribution < -0.4 is 18.9 Å². The smallest absolute Gasteiger partial charge is 0.173 e. The lowest BCUT2D eigenvalue weighted by Gasteiger charge is -2.28. The molecule has 0 aliphatic carbocycles. The fourth-order valence-corrected chi connectivity index (χ4v) is 4.31. The third kappa shape index (κ3) is 2.69. The standard InChI is InChI=1S/C23H23NO6/c1-11(2)16-8-14-15(29-16)6-5-12(23(14)25)22-21-13-7-18(26-3)19(27-4)9-17(13)28-10-20(21)30-24-22/h5-7,9,16,20-21,25H,1,8,10H2,2-4H3/t16-,20?,21?/m1/s1. The summed E-state index contributed by atoms with van der Waals surface area (Å²) < 4.78 is 22.7. The number of phenolic OH excluding ortho intramolecular Hbond substituents is 1. The van der Waals surface area contributed by atoms with Crippen LogP contribution in [0.5, 0.6) is 28.7 Å². The van der Waals surface area contributed by atoms with E-state index in [1.165, 1.54) is 0 Å². The molecule has 0 fully saturated rings. The summed E-state index contributed by atoms with van der Waals surface area (Å²) >= 11 is 0. The van der Waals surface area contributed by atoms with Gasteiger partial charge in [0, 0.05) is 29.2 Å². The van der Waals surface area contributed by atoms with Gasteiger partial charge in [-0.05, 0) is 30.7 Å². The average molecular weight is 409 g/mol. The SMILES string of the molecule is C=C(C)[C@H]1Cc2c(ccc(C3=NOC4COc5cc(OC)c(OC)cc5C34)c2O)O1. The van der Waals surface area contributed by atoms with Crippen LogP contribution in [-0.2, 0) is 11.3 Å². The Morgan fingerprint density at radius 3 is 2.67 bits per heavy atom. The van der Waals surface area contributed by atoms with E-state index in [9.17, 15) is 5.11 Å². The molecule has 3 atom stereocenters. The number of fused-ring (bicyclic) bond motifs is 4. The zero-order chi connectivity index (χ0) is 21.0. The first-order valence-electron chi connectivity index (χ1n) is 9.81. The summed E-state index contributed by atoms with van der Waals surface area (Å²) in [4.78, 5) is 5.68. The number of oxime groups is 1. The molecule has 156 valence electrons. The van der Waals surface area contributed by atoms with Crippen LogP contribution in [0.3, 0.4) is 0 Å². The molecule has 5 rings (SSSR count). The van der Waals surface area contributed by atoms with Crippen LogP contribution in [-0.4, -0.2) is 43.9 Å². The van der Waals surface area contributed by atoms with Crippen LogP contribution in [0.4, 0.5) is 0 Å². The molecule has 0 radical (unpaired) electrons. The first-order chi connectivity index (χ1) is 14.5. The highest BCUT2D eigenvalue weighted by Crippen LogP contribution is 2.48. The van der Waals surface area contributed by atoms with Gasteiger partial charge in [-0.1, -0.05) is 11.7 Å². The lowest BCUT2D eigenvalue weighted by atomic mass is 9.83. The number of nitrogens with zero attached hydrogens (tertiary/aromatic N) is 1. The molecule has 0 aromatic heterocycles. The molecule has 2 aromatic rings. The number of benzene rings is 2. The third-order valence-corrected chi connectivity index (χ3v) is 5.93. The summed E-state index contributed by atoms with van der Waals surface area (Å²) in [7, 11) is 3.18. The van der Waals surface area contributed by atoms with Crippen molar-refractivity contribution in [3.05, 3.63) is 53.1 Å². The minimum Gasteiger partial charge on any atom is -0.507 e. The summed E-state index contributed by atoms with van der Waals surface area (Å²) in [6.07, 6.45) is 0.172. The topological polar surface area (TPSA) is 78.7 Å². The van der Waals surface area contributed by atoms with Crippen molar-refractivity contribution in [2.24, 2.45) is 5.16 Å². The lowest BCUT2D eigenvalue weighted by molar-refractivity contribution is 0.0285. The minimum atomic E-state index is -0.280. The highest BCUT2D eigenvalue weighted by Gasteiger charge is 2.43. The highest BCUT2D eigenvalue weighted by molar-refractivity contribution is 6.09. The first kappa shape index (κ1) is 18.7. The molecule has 0 amide bonds. The molecule has 0 spiro atoms. The van der Waals surface area contributed by atoms with Gasteiger partial charge in [-0.15, -0.1) is 0 Å². The van der Waals surface area contributed by atoms with Crippen LogP contribution in [0.1, 0.15) is 29.5 Å². The molecule has 3 aliphatic rings. The molecule has 30 heavy (non-hydrogen) atoms. The van der Waals surface area contributed by atoms with Crippen LogP contribution in [0, 0.1) is 0 Å². The number of aromatic hydroxyl groups is 1. The van der Waals surface area contributed by atoms with E-state index in [0.29, 0.717) is 47.3 Å². The Hall–Kier alpha value is -3.35. The fraction of sp³-hybridized carbons (Fsp3) is 0.348. The van der Waals surface area contributed by atoms with E-state index in [0.717, 1.165) is 16.7 Å². The fourth-order valence-electron chi connectivity index (χ4n) is 4.31. The summed E-state index contributed by atoms with van der Waals surface area (Å²) in [5, 5.41) is 15.4. The van der Waals surface area contributed by atoms with E-state index < -0.39 is 0 Å². The molecule has 0 saturated heterocycles. The van der Waals surface area contributed by atoms with Crippen LogP contribution >= 0.6 is 0 Å². The number of methoxy groups -OCH3 is 2. The van der Waals surface area contributed by atoms with Gasteiger partial charge in [-0.25, -0.2) is 0 Å². The van der Waals surface area contributed by atoms with Crippen molar-refractivity contribution in [1.82, 2.24) is 0 Å². The Morgan fingerprint density at radius 1 is 1.17 bits per heavy atom. The monoisotopic (exact) mass is 409 g/mol. The van der Waals surface area contributed by atoms with Gasteiger partial charge >= 0.3 is 0 Å². The number of ether oxygens (including phenoxy) is 4. The number of rotatable bonds is 4. The Bertz CT molecular complexity index is 1080. The number of hydrogen-bond acceptors (Lipinski definition) is 7. The van der Waals surface area contributed by atoms with Gasteiger partial charge in [0.2, 0.25) is 0 Å². The van der Waals surface area contributed by atoms with Gasteiger partial charge in [0.1, 0.15) is 35.7 Å². The van der Waals surface area contributed by atoms with Crippen LogP contribution in [0.2, 0.25) is 0 Å². The van der Waals surface area contributed by atoms with Crippen molar-refractivity contribution in [3.8, 4) is 28.7 Å². The van der Waals surface area contributed by atoms with E-state index in [4.69, 9.17) is 23.8 Å². The number of hydrogen-bond donors (Lipinski definition) is 1. The molecular formula is C23H23NO6. The molecule has 1 N–H and O–H groups in total. The van der Waals surface area contributed by atoms with Gasteiger partial charge in [0.05, 0.1) is 20.1 Å². The highest BCUT2D eigenvalue weighted by atomic mass is 16.7. The molecule has 0 saturated carbocycles. The summed E-state index contributed by atoms with van der Waals surface area (Å²) in [5.74, 6) is 2.54. The zero-order valence-electron chi connectivity index (χ0n) is 17.1. The van der Waals surface area contributed by atoms with Gasteiger partial charge in [0.15, 0.2) is 17.6 Å².